The van der Waals surface area contributed by atoms with Gasteiger partial charge in [-0.25, -0.2) is 4.39 Å². The van der Waals surface area contributed by atoms with E-state index in [4.69, 9.17) is 0 Å². The number of rotatable bonds is 6. The number of unbranched alkanes of at least 4 members (excludes halogenated alkanes) is 1. The smallest absolute Gasteiger partial charge is 0.253 e. The molecule has 0 bridgehead atoms. The Morgan fingerprint density at radius 1 is 1.14 bits per heavy atom. The molecule has 1 heterocycles. The molecule has 2 aromatic carbocycles. The van der Waals surface area contributed by atoms with Crippen LogP contribution in [0, 0.1) is 18.7 Å². The number of carbonyl (C=O) groups is 2. The predicted molar refractivity (Wildman–Crippen MR) is 108 cm³/mol. The van der Waals surface area contributed by atoms with Gasteiger partial charge in [-0.05, 0) is 43.2 Å². The van der Waals surface area contributed by atoms with Crippen molar-refractivity contribution in [2.24, 2.45) is 5.92 Å². The minimum atomic E-state index is -0.381. The third-order valence-electron chi connectivity index (χ3n) is 5.35. The van der Waals surface area contributed by atoms with Gasteiger partial charge in [-0.15, -0.1) is 0 Å². The lowest BCUT2D eigenvalue weighted by atomic mass is 9.88. The predicted octanol–water partition coefficient (Wildman–Crippen LogP) is 3.91. The summed E-state index contributed by atoms with van der Waals surface area (Å²) in [6, 6.07) is 13.8. The van der Waals surface area contributed by atoms with Gasteiger partial charge in [0.15, 0.2) is 0 Å². The number of aryl methyl sites for hydroxylation is 1. The van der Waals surface area contributed by atoms with Crippen molar-refractivity contribution in [2.75, 3.05) is 19.6 Å². The Kier molecular flexibility index (Phi) is 6.45. The van der Waals surface area contributed by atoms with Gasteiger partial charge >= 0.3 is 0 Å². The summed E-state index contributed by atoms with van der Waals surface area (Å²) in [7, 11) is 0. The molecule has 2 atom stereocenters. The number of nitrogens with zero attached hydrogens (tertiary/aromatic N) is 1. The minimum Gasteiger partial charge on any atom is -0.356 e. The monoisotopic (exact) mass is 382 g/mol. The second-order valence-electron chi connectivity index (χ2n) is 7.49. The number of halogens is 1. The van der Waals surface area contributed by atoms with Crippen molar-refractivity contribution in [2.45, 2.75) is 32.6 Å². The lowest BCUT2D eigenvalue weighted by Gasteiger charge is -2.18. The molecule has 2 amide bonds. The van der Waals surface area contributed by atoms with Crippen molar-refractivity contribution in [1.29, 1.82) is 0 Å². The van der Waals surface area contributed by atoms with E-state index in [0.717, 1.165) is 24.0 Å². The van der Waals surface area contributed by atoms with Crippen molar-refractivity contribution in [1.82, 2.24) is 10.2 Å². The van der Waals surface area contributed by atoms with Crippen molar-refractivity contribution in [3.8, 4) is 0 Å². The summed E-state index contributed by atoms with van der Waals surface area (Å²) in [5.41, 5.74) is 2.45. The third kappa shape index (κ3) is 4.58. The summed E-state index contributed by atoms with van der Waals surface area (Å²) in [4.78, 5) is 27.5. The maximum atomic E-state index is 13.8. The van der Waals surface area contributed by atoms with E-state index >= 15 is 0 Å². The molecule has 0 aromatic heterocycles. The van der Waals surface area contributed by atoms with E-state index in [1.54, 1.807) is 11.0 Å². The Morgan fingerprint density at radius 3 is 2.57 bits per heavy atom. The van der Waals surface area contributed by atoms with E-state index in [-0.39, 0.29) is 29.5 Å². The van der Waals surface area contributed by atoms with E-state index < -0.39 is 0 Å². The van der Waals surface area contributed by atoms with Crippen LogP contribution in [0.4, 0.5) is 4.39 Å². The van der Waals surface area contributed by atoms with Gasteiger partial charge < -0.3 is 10.2 Å². The summed E-state index contributed by atoms with van der Waals surface area (Å²) in [6.45, 7) is 5.40. The van der Waals surface area contributed by atoms with Crippen LogP contribution in [-0.4, -0.2) is 36.3 Å². The molecule has 3 rings (SSSR count). The highest BCUT2D eigenvalue weighted by Gasteiger charge is 2.40. The molecule has 0 radical (unpaired) electrons. The summed E-state index contributed by atoms with van der Waals surface area (Å²) in [5, 5.41) is 2.98. The van der Waals surface area contributed by atoms with Gasteiger partial charge in [0.1, 0.15) is 5.82 Å². The molecule has 2 aromatic rings. The summed E-state index contributed by atoms with van der Waals surface area (Å²) < 4.78 is 13.8. The number of carbonyl (C=O) groups excluding carboxylic acids is 2. The molecule has 1 aliphatic heterocycles. The maximum Gasteiger partial charge on any atom is 0.253 e. The van der Waals surface area contributed by atoms with Gasteiger partial charge in [0.2, 0.25) is 5.91 Å². The molecule has 0 saturated carbocycles. The van der Waals surface area contributed by atoms with Crippen LogP contribution in [0.2, 0.25) is 0 Å². The molecule has 148 valence electrons. The highest BCUT2D eigenvalue weighted by molar-refractivity contribution is 5.95. The van der Waals surface area contributed by atoms with Gasteiger partial charge in [-0.1, -0.05) is 43.2 Å². The van der Waals surface area contributed by atoms with E-state index in [2.05, 4.69) is 12.2 Å². The van der Waals surface area contributed by atoms with Crippen LogP contribution in [0.15, 0.2) is 48.5 Å². The number of benzene rings is 2. The number of nitrogens with one attached hydrogen (secondary N) is 1. The second-order valence-corrected chi connectivity index (χ2v) is 7.49. The van der Waals surface area contributed by atoms with Crippen LogP contribution in [0.25, 0.3) is 0 Å². The molecular weight excluding hydrogens is 355 g/mol. The zero-order chi connectivity index (χ0) is 20.1. The number of likely N-dealkylation sites (tertiary alicyclic amines) is 1. The maximum absolute atomic E-state index is 13.8. The molecule has 0 unspecified atom stereocenters. The van der Waals surface area contributed by atoms with E-state index in [0.29, 0.717) is 25.2 Å². The fourth-order valence-electron chi connectivity index (χ4n) is 3.71. The molecule has 28 heavy (non-hydrogen) atoms. The zero-order valence-corrected chi connectivity index (χ0v) is 16.5. The second kappa shape index (κ2) is 9.00. The Hall–Kier alpha value is -2.69. The highest BCUT2D eigenvalue weighted by Crippen LogP contribution is 2.34. The van der Waals surface area contributed by atoms with E-state index in [1.807, 2.05) is 37.3 Å². The number of hydrogen-bond acceptors (Lipinski definition) is 2. The standard InChI is InChI=1S/C23H27FN2O2/c1-3-4-12-25-22(27)21-15-26(23(28)17-10-8-16(2)9-11-17)14-20(21)18-6-5-7-19(24)13-18/h5-11,13,20-21H,3-4,12,14-15H2,1-2H3,(H,25,27)/t20-,21-/m0/s1. The van der Waals surface area contributed by atoms with Crippen molar-refractivity contribution < 1.29 is 14.0 Å². The third-order valence-corrected chi connectivity index (χ3v) is 5.35. The van der Waals surface area contributed by atoms with Crippen LogP contribution < -0.4 is 5.32 Å². The zero-order valence-electron chi connectivity index (χ0n) is 16.5. The summed E-state index contributed by atoms with van der Waals surface area (Å²) in [6.07, 6.45) is 1.91. The van der Waals surface area contributed by atoms with Gasteiger partial charge in [-0.3, -0.25) is 9.59 Å². The molecular formula is C23H27FN2O2. The van der Waals surface area contributed by atoms with Crippen molar-refractivity contribution in [3.05, 3.63) is 71.0 Å². The lowest BCUT2D eigenvalue weighted by Crippen LogP contribution is -2.36. The first-order chi connectivity index (χ1) is 13.5. The van der Waals surface area contributed by atoms with Gasteiger partial charge in [0.05, 0.1) is 5.92 Å². The molecule has 0 aliphatic carbocycles. The van der Waals surface area contributed by atoms with Crippen LogP contribution in [0.1, 0.15) is 47.2 Å². The van der Waals surface area contributed by atoms with Crippen LogP contribution in [0.5, 0.6) is 0 Å². The van der Waals surface area contributed by atoms with Gasteiger partial charge in [-0.2, -0.15) is 0 Å². The largest absolute Gasteiger partial charge is 0.356 e. The number of hydrogen-bond donors (Lipinski definition) is 1. The summed E-state index contributed by atoms with van der Waals surface area (Å²) in [5.74, 6) is -1.09. The topological polar surface area (TPSA) is 49.4 Å². The van der Waals surface area contributed by atoms with Crippen LogP contribution in [-0.2, 0) is 4.79 Å². The Bertz CT molecular complexity index is 835. The minimum absolute atomic E-state index is 0.0677. The molecule has 1 saturated heterocycles. The van der Waals surface area contributed by atoms with E-state index in [1.165, 1.54) is 12.1 Å². The van der Waals surface area contributed by atoms with Crippen LogP contribution in [0.3, 0.4) is 0 Å². The van der Waals surface area contributed by atoms with Crippen molar-refractivity contribution in [3.63, 3.8) is 0 Å². The van der Waals surface area contributed by atoms with E-state index in [9.17, 15) is 14.0 Å². The molecule has 4 nitrogen and oxygen atoms in total. The van der Waals surface area contributed by atoms with Gasteiger partial charge in [0, 0.05) is 31.1 Å². The first kappa shape index (κ1) is 20.1. The Balaban J connectivity index is 1.82. The first-order valence-corrected chi connectivity index (χ1v) is 9.88. The molecule has 1 fully saturated rings. The number of amides is 2. The first-order valence-electron chi connectivity index (χ1n) is 9.88. The average molecular weight is 382 g/mol. The summed E-state index contributed by atoms with van der Waals surface area (Å²) >= 11 is 0. The van der Waals surface area contributed by atoms with Crippen molar-refractivity contribution >= 4 is 11.8 Å². The molecule has 1 N–H and O–H groups in total. The molecule has 1 aliphatic rings. The quantitative estimate of drug-likeness (QED) is 0.770. The molecule has 0 spiro atoms. The Morgan fingerprint density at radius 2 is 1.89 bits per heavy atom. The van der Waals surface area contributed by atoms with Crippen LogP contribution >= 0.6 is 0 Å². The highest BCUT2D eigenvalue weighted by atomic mass is 19.1. The Labute approximate surface area is 165 Å². The van der Waals surface area contributed by atoms with Gasteiger partial charge in [0.25, 0.3) is 5.91 Å². The lowest BCUT2D eigenvalue weighted by molar-refractivity contribution is -0.124. The molecule has 5 heteroatoms. The fourth-order valence-corrected chi connectivity index (χ4v) is 3.71. The fraction of sp³-hybridized carbons (Fsp3) is 0.391. The SMILES string of the molecule is CCCCNC(=O)[C@H]1CN(C(=O)c2ccc(C)cc2)C[C@H]1c1cccc(F)c1. The average Bonchev–Trinajstić information content (AvgIpc) is 3.14. The normalized spacial score (nSPS) is 18.9.